The molecule has 0 atom stereocenters. The van der Waals surface area contributed by atoms with Gasteiger partial charge in [0.1, 0.15) is 10.8 Å². The van der Waals surface area contributed by atoms with Crippen LogP contribution in [0.5, 0.6) is 5.75 Å². The molecule has 0 bridgehead atoms. The van der Waals surface area contributed by atoms with Gasteiger partial charge in [-0.05, 0) is 30.3 Å². The molecule has 0 saturated heterocycles. The molecule has 0 amide bonds. The van der Waals surface area contributed by atoms with Crippen LogP contribution in [0.25, 0.3) is 21.8 Å². The van der Waals surface area contributed by atoms with Crippen molar-refractivity contribution in [2.24, 2.45) is 0 Å². The van der Waals surface area contributed by atoms with Gasteiger partial charge in [-0.2, -0.15) is 0 Å². The average Bonchev–Trinajstić information content (AvgIpc) is 2.98. The Labute approximate surface area is 132 Å². The lowest BCUT2D eigenvalue weighted by Crippen LogP contribution is -1.92. The van der Waals surface area contributed by atoms with E-state index in [9.17, 15) is 0 Å². The lowest BCUT2D eigenvalue weighted by molar-refractivity contribution is 0.417. The van der Waals surface area contributed by atoms with Crippen molar-refractivity contribution in [2.75, 3.05) is 12.8 Å². The number of aromatic nitrogens is 1. The zero-order valence-corrected chi connectivity index (χ0v) is 12.9. The number of halogens is 1. The van der Waals surface area contributed by atoms with Crippen LogP contribution in [0.1, 0.15) is 0 Å². The first-order chi connectivity index (χ1) is 10.2. The number of methoxy groups -OCH3 is 1. The van der Waals surface area contributed by atoms with Gasteiger partial charge in [0, 0.05) is 21.5 Å². The van der Waals surface area contributed by atoms with Crippen LogP contribution in [0, 0.1) is 0 Å². The van der Waals surface area contributed by atoms with Crippen LogP contribution in [-0.4, -0.2) is 12.1 Å². The zero-order valence-electron chi connectivity index (χ0n) is 11.3. The van der Waals surface area contributed by atoms with Gasteiger partial charge in [0.15, 0.2) is 0 Å². The van der Waals surface area contributed by atoms with Crippen molar-refractivity contribution >= 4 is 28.6 Å². The molecule has 2 N–H and O–H groups in total. The van der Waals surface area contributed by atoms with Crippen molar-refractivity contribution in [3.05, 3.63) is 52.9 Å². The fraction of sp³-hybridized carbons (Fsp3) is 0.0625. The van der Waals surface area contributed by atoms with E-state index in [0.717, 1.165) is 26.9 Å². The fourth-order valence-electron chi connectivity index (χ4n) is 2.03. The van der Waals surface area contributed by atoms with E-state index in [1.165, 1.54) is 0 Å². The molecule has 2 aromatic carbocycles. The first kappa shape index (κ1) is 13.9. The van der Waals surface area contributed by atoms with Crippen LogP contribution < -0.4 is 10.5 Å². The molecule has 0 aliphatic rings. The molecule has 1 heterocycles. The molecule has 106 valence electrons. The van der Waals surface area contributed by atoms with Crippen LogP contribution in [0.15, 0.2) is 47.8 Å². The SMILES string of the molecule is COc1ccc(-c2nc(-c3ccc(Cl)cc3)cs2)cc1N. The van der Waals surface area contributed by atoms with Gasteiger partial charge in [0.05, 0.1) is 18.5 Å². The summed E-state index contributed by atoms with van der Waals surface area (Å²) < 4.78 is 5.17. The minimum Gasteiger partial charge on any atom is -0.495 e. The van der Waals surface area contributed by atoms with Crippen molar-refractivity contribution in [2.45, 2.75) is 0 Å². The minimum atomic E-state index is 0.609. The molecule has 0 spiro atoms. The van der Waals surface area contributed by atoms with Crippen molar-refractivity contribution < 1.29 is 4.74 Å². The summed E-state index contributed by atoms with van der Waals surface area (Å²) in [5.74, 6) is 0.674. The first-order valence-corrected chi connectivity index (χ1v) is 7.58. The molecule has 0 fully saturated rings. The molecule has 3 nitrogen and oxygen atoms in total. The third kappa shape index (κ3) is 2.86. The highest BCUT2D eigenvalue weighted by molar-refractivity contribution is 7.13. The highest BCUT2D eigenvalue weighted by Gasteiger charge is 2.08. The van der Waals surface area contributed by atoms with E-state index in [2.05, 4.69) is 4.98 Å². The van der Waals surface area contributed by atoms with Crippen molar-refractivity contribution in [1.82, 2.24) is 4.98 Å². The summed E-state index contributed by atoms with van der Waals surface area (Å²) in [6, 6.07) is 13.3. The zero-order chi connectivity index (χ0) is 14.8. The van der Waals surface area contributed by atoms with Crippen LogP contribution in [0.4, 0.5) is 5.69 Å². The Kier molecular flexibility index (Phi) is 3.82. The second-order valence-electron chi connectivity index (χ2n) is 4.50. The number of thiazole rings is 1. The summed E-state index contributed by atoms with van der Waals surface area (Å²) in [6.45, 7) is 0. The van der Waals surface area contributed by atoms with Gasteiger partial charge in [0.2, 0.25) is 0 Å². The smallest absolute Gasteiger partial charge is 0.141 e. The fourth-order valence-corrected chi connectivity index (χ4v) is 2.98. The number of ether oxygens (including phenoxy) is 1. The van der Waals surface area contributed by atoms with E-state index >= 15 is 0 Å². The number of rotatable bonds is 3. The maximum absolute atomic E-state index is 5.94. The van der Waals surface area contributed by atoms with Gasteiger partial charge in [-0.15, -0.1) is 11.3 Å². The molecule has 0 aliphatic carbocycles. The summed E-state index contributed by atoms with van der Waals surface area (Å²) in [7, 11) is 1.60. The van der Waals surface area contributed by atoms with Crippen molar-refractivity contribution in [3.8, 4) is 27.6 Å². The minimum absolute atomic E-state index is 0.609. The Bertz CT molecular complexity index is 768. The molecule has 3 rings (SSSR count). The van der Waals surface area contributed by atoms with E-state index in [1.54, 1.807) is 18.4 Å². The molecular formula is C16H13ClN2OS. The molecule has 1 aromatic heterocycles. The van der Waals surface area contributed by atoms with Gasteiger partial charge < -0.3 is 10.5 Å². The summed E-state index contributed by atoms with van der Waals surface area (Å²) in [6.07, 6.45) is 0. The lowest BCUT2D eigenvalue weighted by atomic mass is 10.1. The van der Waals surface area contributed by atoms with E-state index in [1.807, 2.05) is 47.8 Å². The van der Waals surface area contributed by atoms with Crippen LogP contribution in [0.3, 0.4) is 0 Å². The van der Waals surface area contributed by atoms with Gasteiger partial charge >= 0.3 is 0 Å². The summed E-state index contributed by atoms with van der Waals surface area (Å²) >= 11 is 7.49. The Morgan fingerprint density at radius 1 is 1.10 bits per heavy atom. The number of nitrogens with two attached hydrogens (primary N) is 1. The molecule has 0 unspecified atom stereocenters. The lowest BCUT2D eigenvalue weighted by Gasteiger charge is -2.05. The Morgan fingerprint density at radius 3 is 2.48 bits per heavy atom. The summed E-state index contributed by atoms with van der Waals surface area (Å²) in [5.41, 5.74) is 9.51. The standard InChI is InChI=1S/C16H13ClN2OS/c1-20-15-7-4-11(8-13(15)18)16-19-14(9-21-16)10-2-5-12(17)6-3-10/h2-9H,18H2,1H3. The van der Waals surface area contributed by atoms with E-state index in [-0.39, 0.29) is 0 Å². The van der Waals surface area contributed by atoms with Gasteiger partial charge in [0.25, 0.3) is 0 Å². The quantitative estimate of drug-likeness (QED) is 0.711. The Balaban J connectivity index is 1.94. The highest BCUT2D eigenvalue weighted by atomic mass is 35.5. The maximum atomic E-state index is 5.94. The molecule has 21 heavy (non-hydrogen) atoms. The summed E-state index contributed by atoms with van der Waals surface area (Å²) in [4.78, 5) is 4.66. The van der Waals surface area contributed by atoms with Crippen LogP contribution in [0.2, 0.25) is 5.02 Å². The second kappa shape index (κ2) is 5.76. The third-order valence-corrected chi connectivity index (χ3v) is 4.26. The van der Waals surface area contributed by atoms with E-state index in [4.69, 9.17) is 22.1 Å². The number of nitrogen functional groups attached to an aromatic ring is 1. The van der Waals surface area contributed by atoms with E-state index in [0.29, 0.717) is 11.4 Å². The monoisotopic (exact) mass is 316 g/mol. The largest absolute Gasteiger partial charge is 0.495 e. The highest BCUT2D eigenvalue weighted by Crippen LogP contribution is 2.32. The molecule has 0 saturated carbocycles. The molecule has 3 aromatic rings. The molecule has 0 radical (unpaired) electrons. The number of nitrogens with zero attached hydrogens (tertiary/aromatic N) is 1. The third-order valence-electron chi connectivity index (χ3n) is 3.12. The Hall–Kier alpha value is -2.04. The van der Waals surface area contributed by atoms with Gasteiger partial charge in [-0.3, -0.25) is 0 Å². The number of hydrogen-bond donors (Lipinski definition) is 1. The summed E-state index contributed by atoms with van der Waals surface area (Å²) in [5, 5.41) is 3.67. The second-order valence-corrected chi connectivity index (χ2v) is 5.80. The van der Waals surface area contributed by atoms with Gasteiger partial charge in [-0.1, -0.05) is 23.7 Å². The molecule has 0 aliphatic heterocycles. The normalized spacial score (nSPS) is 10.6. The first-order valence-electron chi connectivity index (χ1n) is 6.33. The van der Waals surface area contributed by atoms with Gasteiger partial charge in [-0.25, -0.2) is 4.98 Å². The molecule has 5 heteroatoms. The maximum Gasteiger partial charge on any atom is 0.141 e. The van der Waals surface area contributed by atoms with Crippen LogP contribution >= 0.6 is 22.9 Å². The number of hydrogen-bond acceptors (Lipinski definition) is 4. The average molecular weight is 317 g/mol. The number of benzene rings is 2. The van der Waals surface area contributed by atoms with Crippen molar-refractivity contribution in [3.63, 3.8) is 0 Å². The Morgan fingerprint density at radius 2 is 1.81 bits per heavy atom. The predicted molar refractivity (Wildman–Crippen MR) is 89.0 cm³/mol. The van der Waals surface area contributed by atoms with Crippen molar-refractivity contribution in [1.29, 1.82) is 0 Å². The van der Waals surface area contributed by atoms with E-state index < -0.39 is 0 Å². The molecular weight excluding hydrogens is 304 g/mol. The topological polar surface area (TPSA) is 48.1 Å². The number of anilines is 1. The predicted octanol–water partition coefficient (Wildman–Crippen LogP) is 4.72. The van der Waals surface area contributed by atoms with Crippen LogP contribution in [-0.2, 0) is 0 Å².